The van der Waals surface area contributed by atoms with Gasteiger partial charge in [-0.2, -0.15) is 0 Å². The number of methoxy groups -OCH3 is 2. The smallest absolute Gasteiger partial charge is 0.0713 e. The fourth-order valence-electron chi connectivity index (χ4n) is 1.90. The van der Waals surface area contributed by atoms with Crippen LogP contribution in [-0.4, -0.2) is 20.3 Å². The van der Waals surface area contributed by atoms with Crippen LogP contribution in [-0.2, 0) is 22.5 Å². The molecule has 0 radical (unpaired) electrons. The van der Waals surface area contributed by atoms with Crippen LogP contribution in [0.2, 0.25) is 0 Å². The van der Waals surface area contributed by atoms with Gasteiger partial charge in [-0.15, -0.1) is 0 Å². The highest BCUT2D eigenvalue weighted by Gasteiger charge is 2.07. The average Bonchev–Trinajstić information content (AvgIpc) is 2.29. The average molecular weight is 222 g/mol. The van der Waals surface area contributed by atoms with E-state index in [1.54, 1.807) is 14.2 Å². The lowest BCUT2D eigenvalue weighted by atomic mass is 10.0. The van der Waals surface area contributed by atoms with Gasteiger partial charge in [-0.1, -0.05) is 37.6 Å². The predicted octanol–water partition coefficient (Wildman–Crippen LogP) is 3.19. The van der Waals surface area contributed by atoms with Crippen molar-refractivity contribution in [3.05, 3.63) is 35.4 Å². The Hall–Kier alpha value is -0.860. The minimum Gasteiger partial charge on any atom is -0.381 e. The van der Waals surface area contributed by atoms with Gasteiger partial charge < -0.3 is 9.47 Å². The van der Waals surface area contributed by atoms with Crippen LogP contribution in [0.25, 0.3) is 0 Å². The molecule has 0 saturated carbocycles. The first-order valence-electron chi connectivity index (χ1n) is 5.89. The van der Waals surface area contributed by atoms with Gasteiger partial charge >= 0.3 is 0 Å². The highest BCUT2D eigenvalue weighted by Crippen LogP contribution is 2.12. The maximum atomic E-state index is 5.46. The Morgan fingerprint density at radius 2 is 1.94 bits per heavy atom. The third kappa shape index (κ3) is 4.33. The lowest BCUT2D eigenvalue weighted by Crippen LogP contribution is -2.13. The molecule has 16 heavy (non-hydrogen) atoms. The molecule has 0 fully saturated rings. The van der Waals surface area contributed by atoms with E-state index in [4.69, 9.17) is 9.47 Å². The summed E-state index contributed by atoms with van der Waals surface area (Å²) in [5.74, 6) is 0. The zero-order valence-electron chi connectivity index (χ0n) is 10.5. The summed E-state index contributed by atoms with van der Waals surface area (Å²) in [6.07, 6.45) is 3.60. The summed E-state index contributed by atoms with van der Waals surface area (Å²) in [4.78, 5) is 0. The van der Waals surface area contributed by atoms with Gasteiger partial charge in [-0.3, -0.25) is 0 Å². The molecule has 1 aromatic carbocycles. The largest absolute Gasteiger partial charge is 0.381 e. The maximum Gasteiger partial charge on any atom is 0.0713 e. The van der Waals surface area contributed by atoms with E-state index in [-0.39, 0.29) is 0 Å². The lowest BCUT2D eigenvalue weighted by Gasteiger charge is -2.14. The summed E-state index contributed by atoms with van der Waals surface area (Å²) in [6.45, 7) is 2.87. The van der Waals surface area contributed by atoms with Crippen LogP contribution in [0, 0.1) is 0 Å². The summed E-state index contributed by atoms with van der Waals surface area (Å²) < 4.78 is 10.6. The van der Waals surface area contributed by atoms with E-state index in [9.17, 15) is 0 Å². The summed E-state index contributed by atoms with van der Waals surface area (Å²) in [5, 5.41) is 0. The molecule has 0 aliphatic heterocycles. The molecule has 0 amide bonds. The van der Waals surface area contributed by atoms with E-state index < -0.39 is 0 Å². The Morgan fingerprint density at radius 3 is 2.56 bits per heavy atom. The predicted molar refractivity (Wildman–Crippen MR) is 66.6 cm³/mol. The third-order valence-corrected chi connectivity index (χ3v) is 2.71. The van der Waals surface area contributed by atoms with Crippen LogP contribution in [0.4, 0.5) is 0 Å². The Kier molecular flexibility index (Phi) is 6.12. The molecule has 2 nitrogen and oxygen atoms in total. The molecule has 0 N–H and O–H groups in total. The van der Waals surface area contributed by atoms with E-state index in [1.165, 1.54) is 11.1 Å². The molecule has 90 valence electrons. The number of hydrogen-bond acceptors (Lipinski definition) is 2. The van der Waals surface area contributed by atoms with Crippen molar-refractivity contribution < 1.29 is 9.47 Å². The second kappa shape index (κ2) is 7.42. The van der Waals surface area contributed by atoms with Crippen LogP contribution in [0.15, 0.2) is 24.3 Å². The third-order valence-electron chi connectivity index (χ3n) is 2.71. The van der Waals surface area contributed by atoms with E-state index >= 15 is 0 Å². The molecular formula is C14H22O2. The van der Waals surface area contributed by atoms with Crippen LogP contribution in [0.5, 0.6) is 0 Å². The van der Waals surface area contributed by atoms with Crippen molar-refractivity contribution >= 4 is 0 Å². The summed E-state index contributed by atoms with van der Waals surface area (Å²) in [5.41, 5.74) is 2.56. The van der Waals surface area contributed by atoms with Crippen LogP contribution in [0.1, 0.15) is 30.9 Å². The van der Waals surface area contributed by atoms with Gasteiger partial charge in [0.1, 0.15) is 0 Å². The van der Waals surface area contributed by atoms with Gasteiger partial charge in [0.15, 0.2) is 0 Å². The van der Waals surface area contributed by atoms with Crippen molar-refractivity contribution in [2.24, 2.45) is 0 Å². The molecule has 0 aromatic heterocycles. The van der Waals surface area contributed by atoms with Crippen molar-refractivity contribution in [3.63, 3.8) is 0 Å². The van der Waals surface area contributed by atoms with Gasteiger partial charge in [0, 0.05) is 14.2 Å². The fourth-order valence-corrected chi connectivity index (χ4v) is 1.90. The molecule has 1 rings (SSSR count). The molecule has 2 heteroatoms. The van der Waals surface area contributed by atoms with Crippen molar-refractivity contribution in [1.82, 2.24) is 0 Å². The molecule has 0 aliphatic carbocycles. The first-order chi connectivity index (χ1) is 7.80. The number of rotatable bonds is 7. The number of ether oxygens (including phenoxy) is 2. The SMILES string of the molecule is CCCC(Cc1cccc(COC)c1)OC. The van der Waals surface area contributed by atoms with Gasteiger partial charge in [0.2, 0.25) is 0 Å². The molecule has 0 aliphatic rings. The van der Waals surface area contributed by atoms with Gasteiger partial charge in [0.25, 0.3) is 0 Å². The van der Waals surface area contributed by atoms with Crippen molar-refractivity contribution in [3.8, 4) is 0 Å². The lowest BCUT2D eigenvalue weighted by molar-refractivity contribution is 0.0949. The van der Waals surface area contributed by atoms with E-state index in [2.05, 4.69) is 31.2 Å². The topological polar surface area (TPSA) is 18.5 Å². The molecule has 1 aromatic rings. The fraction of sp³-hybridized carbons (Fsp3) is 0.571. The molecular weight excluding hydrogens is 200 g/mol. The summed E-state index contributed by atoms with van der Waals surface area (Å²) in [6, 6.07) is 8.53. The van der Waals surface area contributed by atoms with E-state index in [1.807, 2.05) is 0 Å². The maximum absolute atomic E-state index is 5.46. The van der Waals surface area contributed by atoms with E-state index in [0.717, 1.165) is 19.3 Å². The number of hydrogen-bond donors (Lipinski definition) is 0. The minimum atomic E-state index is 0.336. The second-order valence-electron chi connectivity index (χ2n) is 4.10. The molecule has 0 saturated heterocycles. The summed E-state index contributed by atoms with van der Waals surface area (Å²) >= 11 is 0. The quantitative estimate of drug-likeness (QED) is 0.705. The zero-order chi connectivity index (χ0) is 11.8. The Morgan fingerprint density at radius 1 is 1.19 bits per heavy atom. The molecule has 0 bridgehead atoms. The first-order valence-corrected chi connectivity index (χ1v) is 5.89. The minimum absolute atomic E-state index is 0.336. The molecule has 1 unspecified atom stereocenters. The van der Waals surface area contributed by atoms with Crippen molar-refractivity contribution in [2.45, 2.75) is 38.9 Å². The van der Waals surface area contributed by atoms with Crippen molar-refractivity contribution in [1.29, 1.82) is 0 Å². The monoisotopic (exact) mass is 222 g/mol. The highest BCUT2D eigenvalue weighted by atomic mass is 16.5. The Bertz CT molecular complexity index is 297. The second-order valence-corrected chi connectivity index (χ2v) is 4.10. The Labute approximate surface area is 98.6 Å². The van der Waals surface area contributed by atoms with Gasteiger partial charge in [0.05, 0.1) is 12.7 Å². The van der Waals surface area contributed by atoms with Crippen LogP contribution < -0.4 is 0 Å². The molecule has 0 spiro atoms. The highest BCUT2D eigenvalue weighted by molar-refractivity contribution is 5.23. The van der Waals surface area contributed by atoms with Crippen LogP contribution >= 0.6 is 0 Å². The van der Waals surface area contributed by atoms with Gasteiger partial charge in [-0.25, -0.2) is 0 Å². The number of benzene rings is 1. The zero-order valence-corrected chi connectivity index (χ0v) is 10.5. The molecule has 1 atom stereocenters. The Balaban J connectivity index is 2.60. The first kappa shape index (κ1) is 13.2. The van der Waals surface area contributed by atoms with Crippen molar-refractivity contribution in [2.75, 3.05) is 14.2 Å². The van der Waals surface area contributed by atoms with E-state index in [0.29, 0.717) is 12.7 Å². The summed E-state index contributed by atoms with van der Waals surface area (Å²) in [7, 11) is 3.51. The molecule has 0 heterocycles. The van der Waals surface area contributed by atoms with Crippen LogP contribution in [0.3, 0.4) is 0 Å². The normalized spacial score (nSPS) is 12.7. The standard InChI is InChI=1S/C14H22O2/c1-4-6-14(16-3)10-12-7-5-8-13(9-12)11-15-2/h5,7-9,14H,4,6,10-11H2,1-3H3. The van der Waals surface area contributed by atoms with Gasteiger partial charge in [-0.05, 0) is 24.0 Å².